The summed E-state index contributed by atoms with van der Waals surface area (Å²) in [6.07, 6.45) is 2.72. The van der Waals surface area contributed by atoms with E-state index in [4.69, 9.17) is 0 Å². The van der Waals surface area contributed by atoms with Crippen molar-refractivity contribution >= 4 is 11.8 Å². The molecule has 1 unspecified atom stereocenters. The van der Waals surface area contributed by atoms with E-state index in [1.807, 2.05) is 4.90 Å². The first kappa shape index (κ1) is 23.4. The average Bonchev–Trinajstić information content (AvgIpc) is 2.81. The van der Waals surface area contributed by atoms with Crippen molar-refractivity contribution in [2.45, 2.75) is 39.7 Å². The third-order valence-electron chi connectivity index (χ3n) is 6.89. The summed E-state index contributed by atoms with van der Waals surface area (Å²) in [5, 5.41) is 2.76. The van der Waals surface area contributed by atoms with Gasteiger partial charge in [0.15, 0.2) is 11.6 Å². The van der Waals surface area contributed by atoms with E-state index in [1.165, 1.54) is 28.3 Å². The molecule has 2 aromatic rings. The highest BCUT2D eigenvalue weighted by Gasteiger charge is 2.31. The Morgan fingerprint density at radius 2 is 1.79 bits per heavy atom. The first-order valence-electron chi connectivity index (χ1n) is 11.6. The van der Waals surface area contributed by atoms with Crippen LogP contribution in [0.4, 0.5) is 8.78 Å². The number of amides is 2. The number of aryl methyl sites for hydroxylation is 2. The van der Waals surface area contributed by atoms with E-state index < -0.39 is 17.5 Å². The molecule has 1 atom stereocenters. The fraction of sp³-hybridized carbons (Fsp3) is 0.462. The van der Waals surface area contributed by atoms with Gasteiger partial charge < -0.3 is 15.1 Å². The molecule has 0 bridgehead atoms. The number of fused-ring (bicyclic) bond motifs is 1. The summed E-state index contributed by atoms with van der Waals surface area (Å²) in [6.45, 7) is 8.23. The minimum atomic E-state index is -1.04. The summed E-state index contributed by atoms with van der Waals surface area (Å²) >= 11 is 0. The van der Waals surface area contributed by atoms with Gasteiger partial charge in [-0.15, -0.1) is 0 Å². The quantitative estimate of drug-likeness (QED) is 0.750. The topological polar surface area (TPSA) is 52.7 Å². The summed E-state index contributed by atoms with van der Waals surface area (Å²) in [5.41, 5.74) is 5.26. The average molecular weight is 456 g/mol. The molecule has 4 rings (SSSR count). The third kappa shape index (κ3) is 5.41. The molecule has 0 radical (unpaired) electrons. The standard InChI is InChI=1S/C26H31F2N3O2/c1-17-12-19-7-10-31(16-22(19)13-18(17)2)26(33)21-4-3-9-30(15-21)11-8-29-25(32)20-5-6-23(27)24(28)14-20/h5-6,12-14,21H,3-4,7-11,15-16H2,1-2H3,(H,29,32). The van der Waals surface area contributed by atoms with Crippen LogP contribution in [0.2, 0.25) is 0 Å². The largest absolute Gasteiger partial charge is 0.351 e. The number of nitrogens with zero attached hydrogens (tertiary/aromatic N) is 2. The Balaban J connectivity index is 1.28. The van der Waals surface area contributed by atoms with Crippen LogP contribution in [0.3, 0.4) is 0 Å². The van der Waals surface area contributed by atoms with Gasteiger partial charge in [0.1, 0.15) is 0 Å². The Morgan fingerprint density at radius 3 is 2.55 bits per heavy atom. The van der Waals surface area contributed by atoms with E-state index in [1.54, 1.807) is 0 Å². The van der Waals surface area contributed by atoms with Crippen LogP contribution >= 0.6 is 0 Å². The van der Waals surface area contributed by atoms with Crippen molar-refractivity contribution in [3.05, 3.63) is 69.8 Å². The van der Waals surface area contributed by atoms with Crippen LogP contribution in [-0.4, -0.2) is 54.3 Å². The molecule has 33 heavy (non-hydrogen) atoms. The summed E-state index contributed by atoms with van der Waals surface area (Å²) < 4.78 is 26.4. The van der Waals surface area contributed by atoms with Gasteiger partial charge >= 0.3 is 0 Å². The van der Waals surface area contributed by atoms with Crippen LogP contribution in [0.25, 0.3) is 0 Å². The van der Waals surface area contributed by atoms with E-state index in [2.05, 4.69) is 36.2 Å². The number of benzene rings is 2. The first-order valence-corrected chi connectivity index (χ1v) is 11.6. The van der Waals surface area contributed by atoms with Crippen LogP contribution in [0, 0.1) is 31.4 Å². The normalized spacial score (nSPS) is 18.7. The van der Waals surface area contributed by atoms with Gasteiger partial charge in [0.25, 0.3) is 5.91 Å². The molecule has 1 saturated heterocycles. The Kier molecular flexibility index (Phi) is 7.08. The number of rotatable bonds is 5. The molecule has 0 saturated carbocycles. The van der Waals surface area contributed by atoms with Gasteiger partial charge in [-0.05, 0) is 80.1 Å². The van der Waals surface area contributed by atoms with Crippen molar-refractivity contribution in [1.29, 1.82) is 0 Å². The van der Waals surface area contributed by atoms with E-state index in [9.17, 15) is 18.4 Å². The van der Waals surface area contributed by atoms with Crippen LogP contribution in [0.1, 0.15) is 45.5 Å². The van der Waals surface area contributed by atoms with Crippen molar-refractivity contribution in [3.8, 4) is 0 Å². The van der Waals surface area contributed by atoms with Crippen LogP contribution in [0.5, 0.6) is 0 Å². The second kappa shape index (κ2) is 10.00. The van der Waals surface area contributed by atoms with E-state index in [0.717, 1.165) is 44.5 Å². The molecule has 2 aliphatic heterocycles. The fourth-order valence-corrected chi connectivity index (χ4v) is 4.83. The summed E-state index contributed by atoms with van der Waals surface area (Å²) in [5.74, 6) is -2.26. The molecule has 0 aliphatic carbocycles. The highest BCUT2D eigenvalue weighted by atomic mass is 19.2. The van der Waals surface area contributed by atoms with Gasteiger partial charge in [-0.2, -0.15) is 0 Å². The van der Waals surface area contributed by atoms with Crippen molar-refractivity contribution < 1.29 is 18.4 Å². The minimum absolute atomic E-state index is 0.0336. The summed E-state index contributed by atoms with van der Waals surface area (Å²) in [6, 6.07) is 7.59. The molecular formula is C26H31F2N3O2. The van der Waals surface area contributed by atoms with E-state index >= 15 is 0 Å². The molecular weight excluding hydrogens is 424 g/mol. The number of halogens is 2. The van der Waals surface area contributed by atoms with Gasteiger partial charge in [-0.25, -0.2) is 8.78 Å². The highest BCUT2D eigenvalue weighted by molar-refractivity contribution is 5.94. The van der Waals surface area contributed by atoms with E-state index in [-0.39, 0.29) is 17.4 Å². The van der Waals surface area contributed by atoms with Crippen LogP contribution in [0.15, 0.2) is 30.3 Å². The molecule has 176 valence electrons. The number of carbonyl (C=O) groups is 2. The van der Waals surface area contributed by atoms with Gasteiger partial charge in [0, 0.05) is 38.3 Å². The number of piperidine rings is 1. The van der Waals surface area contributed by atoms with Crippen LogP contribution in [-0.2, 0) is 17.8 Å². The van der Waals surface area contributed by atoms with Crippen molar-refractivity contribution in [3.63, 3.8) is 0 Å². The zero-order valence-electron chi connectivity index (χ0n) is 19.3. The molecule has 1 fully saturated rings. The molecule has 2 aliphatic rings. The first-order chi connectivity index (χ1) is 15.8. The molecule has 0 aromatic heterocycles. The van der Waals surface area contributed by atoms with Gasteiger partial charge in [0.05, 0.1) is 5.92 Å². The number of hydrogen-bond donors (Lipinski definition) is 1. The summed E-state index contributed by atoms with van der Waals surface area (Å²) in [4.78, 5) is 29.6. The number of hydrogen-bond acceptors (Lipinski definition) is 3. The Hall–Kier alpha value is -2.80. The van der Waals surface area contributed by atoms with Gasteiger partial charge in [0.2, 0.25) is 5.91 Å². The Bertz CT molecular complexity index is 1060. The van der Waals surface area contributed by atoms with Crippen molar-refractivity contribution in [2.24, 2.45) is 5.92 Å². The highest BCUT2D eigenvalue weighted by Crippen LogP contribution is 2.26. The zero-order chi connectivity index (χ0) is 23.5. The fourth-order valence-electron chi connectivity index (χ4n) is 4.83. The maximum absolute atomic E-state index is 13.3. The maximum Gasteiger partial charge on any atom is 0.251 e. The third-order valence-corrected chi connectivity index (χ3v) is 6.89. The SMILES string of the molecule is Cc1cc2c(cc1C)CN(C(=O)C1CCCN(CCNC(=O)c3ccc(F)c(F)c3)C1)CC2. The Labute approximate surface area is 193 Å². The lowest BCUT2D eigenvalue weighted by Gasteiger charge is -2.37. The number of likely N-dealkylation sites (tertiary alicyclic amines) is 1. The molecule has 7 heteroatoms. The summed E-state index contributed by atoms with van der Waals surface area (Å²) in [7, 11) is 0. The van der Waals surface area contributed by atoms with Crippen molar-refractivity contribution in [1.82, 2.24) is 15.1 Å². The Morgan fingerprint density at radius 1 is 1.03 bits per heavy atom. The second-order valence-electron chi connectivity index (χ2n) is 9.24. The molecule has 1 N–H and O–H groups in total. The van der Waals surface area contributed by atoms with Crippen molar-refractivity contribution in [2.75, 3.05) is 32.7 Å². The maximum atomic E-state index is 13.3. The predicted octanol–water partition coefficient (Wildman–Crippen LogP) is 3.61. The van der Waals surface area contributed by atoms with Gasteiger partial charge in [-0.1, -0.05) is 12.1 Å². The lowest BCUT2D eigenvalue weighted by atomic mass is 9.92. The molecule has 2 heterocycles. The monoisotopic (exact) mass is 455 g/mol. The lowest BCUT2D eigenvalue weighted by Crippen LogP contribution is -2.47. The van der Waals surface area contributed by atoms with E-state index in [0.29, 0.717) is 26.2 Å². The number of carbonyl (C=O) groups excluding carboxylic acids is 2. The van der Waals surface area contributed by atoms with Crippen LogP contribution < -0.4 is 5.32 Å². The predicted molar refractivity (Wildman–Crippen MR) is 123 cm³/mol. The molecule has 2 amide bonds. The molecule has 5 nitrogen and oxygen atoms in total. The second-order valence-corrected chi connectivity index (χ2v) is 9.24. The smallest absolute Gasteiger partial charge is 0.251 e. The lowest BCUT2D eigenvalue weighted by molar-refractivity contribution is -0.138. The number of nitrogens with one attached hydrogen (secondary N) is 1. The minimum Gasteiger partial charge on any atom is -0.351 e. The zero-order valence-corrected chi connectivity index (χ0v) is 19.3. The molecule has 0 spiro atoms. The molecule has 2 aromatic carbocycles. The van der Waals surface area contributed by atoms with Gasteiger partial charge in [-0.3, -0.25) is 9.59 Å².